The van der Waals surface area contributed by atoms with Crippen molar-refractivity contribution in [2.75, 3.05) is 29.9 Å². The van der Waals surface area contributed by atoms with Crippen molar-refractivity contribution >= 4 is 29.4 Å². The number of fused-ring (bicyclic) bond motifs is 2. The molecule has 2 aromatic rings. The number of anilines is 2. The van der Waals surface area contributed by atoms with Crippen LogP contribution in [0.15, 0.2) is 22.8 Å². The average molecular weight is 554 g/mol. The van der Waals surface area contributed by atoms with Gasteiger partial charge in [-0.1, -0.05) is 0 Å². The molecule has 11 nitrogen and oxygen atoms in total. The summed E-state index contributed by atoms with van der Waals surface area (Å²) in [5, 5.41) is 5.77. The standard InChI is InChI=1S/C29H39N5O6/c1-16(2)39-26-19(30-24(35)18-15-38-21-12-29(6,7)32-25(36)23(18)21)8-9-22(31-26)33-13-17-10-11-34(20(17)14-33)27(37)40-28(3,4)5/h8-9,15-17,20H,10-14H2,1-7H3,(H,30,35)(H,32,36)/t17-,20+/m0/s1. The van der Waals surface area contributed by atoms with Crippen molar-refractivity contribution in [2.24, 2.45) is 5.92 Å². The number of furan rings is 1. The number of nitrogens with zero attached hydrogens (tertiary/aromatic N) is 3. The average Bonchev–Trinajstić information content (AvgIpc) is 3.52. The minimum Gasteiger partial charge on any atom is -0.473 e. The predicted octanol–water partition coefficient (Wildman–Crippen LogP) is 4.22. The van der Waals surface area contributed by atoms with E-state index in [2.05, 4.69) is 15.5 Å². The molecule has 0 aliphatic carbocycles. The van der Waals surface area contributed by atoms with Gasteiger partial charge in [0.2, 0.25) is 5.88 Å². The fourth-order valence-electron chi connectivity index (χ4n) is 5.66. The molecule has 0 aromatic carbocycles. The van der Waals surface area contributed by atoms with Crippen LogP contribution in [0, 0.1) is 5.92 Å². The van der Waals surface area contributed by atoms with Gasteiger partial charge in [0.25, 0.3) is 11.8 Å². The van der Waals surface area contributed by atoms with Crippen LogP contribution in [0.4, 0.5) is 16.3 Å². The number of likely N-dealkylation sites (tertiary alicyclic amines) is 1. The quantitative estimate of drug-likeness (QED) is 0.564. The van der Waals surface area contributed by atoms with Crippen molar-refractivity contribution in [1.29, 1.82) is 0 Å². The van der Waals surface area contributed by atoms with Gasteiger partial charge in [-0.25, -0.2) is 4.79 Å². The SMILES string of the molecule is CC(C)Oc1nc(N2C[C@@H]3CCN(C(=O)OC(C)(C)C)[C@@H]3C2)ccc1NC(=O)c1coc2c1C(=O)NC(C)(C)C2. The number of carbonyl (C=O) groups is 3. The molecule has 2 saturated heterocycles. The van der Waals surface area contributed by atoms with Gasteiger partial charge < -0.3 is 34.3 Å². The van der Waals surface area contributed by atoms with Crippen LogP contribution < -0.4 is 20.3 Å². The Balaban J connectivity index is 1.34. The summed E-state index contributed by atoms with van der Waals surface area (Å²) in [6.45, 7) is 15.3. The zero-order valence-corrected chi connectivity index (χ0v) is 24.3. The van der Waals surface area contributed by atoms with Gasteiger partial charge in [0, 0.05) is 37.5 Å². The van der Waals surface area contributed by atoms with Crippen LogP contribution in [0.3, 0.4) is 0 Å². The van der Waals surface area contributed by atoms with Gasteiger partial charge in [-0.3, -0.25) is 9.59 Å². The van der Waals surface area contributed by atoms with Gasteiger partial charge in [0.15, 0.2) is 0 Å². The first-order valence-corrected chi connectivity index (χ1v) is 13.9. The number of hydrogen-bond acceptors (Lipinski definition) is 8. The molecule has 2 fully saturated rings. The second-order valence-corrected chi connectivity index (χ2v) is 12.8. The first kappa shape index (κ1) is 27.8. The van der Waals surface area contributed by atoms with E-state index in [1.54, 1.807) is 6.07 Å². The molecule has 2 atom stereocenters. The molecule has 216 valence electrons. The van der Waals surface area contributed by atoms with Gasteiger partial charge in [-0.15, -0.1) is 0 Å². The summed E-state index contributed by atoms with van der Waals surface area (Å²) in [5.41, 5.74) is -0.188. The normalized spacial score (nSPS) is 21.6. The third-order valence-corrected chi connectivity index (χ3v) is 7.33. The zero-order chi connectivity index (χ0) is 29.0. The van der Waals surface area contributed by atoms with Gasteiger partial charge in [0.05, 0.1) is 23.3 Å². The minimum atomic E-state index is -0.547. The topological polar surface area (TPSA) is 126 Å². The van der Waals surface area contributed by atoms with Gasteiger partial charge >= 0.3 is 6.09 Å². The Kier molecular flexibility index (Phi) is 6.96. The molecule has 0 bridgehead atoms. The lowest BCUT2D eigenvalue weighted by atomic mass is 9.91. The van der Waals surface area contributed by atoms with Crippen molar-refractivity contribution in [1.82, 2.24) is 15.2 Å². The molecule has 3 amide bonds. The highest BCUT2D eigenvalue weighted by Crippen LogP contribution is 2.36. The van der Waals surface area contributed by atoms with Crippen molar-refractivity contribution in [3.05, 3.63) is 35.3 Å². The third-order valence-electron chi connectivity index (χ3n) is 7.33. The smallest absolute Gasteiger partial charge is 0.410 e. The summed E-state index contributed by atoms with van der Waals surface area (Å²) in [6.07, 6.45) is 2.25. The molecule has 2 N–H and O–H groups in total. The molecule has 11 heteroatoms. The maximum atomic E-state index is 13.3. The lowest BCUT2D eigenvalue weighted by Gasteiger charge is -2.29. The number of hydrogen-bond donors (Lipinski definition) is 2. The van der Waals surface area contributed by atoms with Crippen LogP contribution in [0.25, 0.3) is 0 Å². The molecule has 5 rings (SSSR count). The number of aromatic nitrogens is 1. The fourth-order valence-corrected chi connectivity index (χ4v) is 5.66. The summed E-state index contributed by atoms with van der Waals surface area (Å²) in [4.78, 5) is 47.5. The van der Waals surface area contributed by atoms with Crippen LogP contribution >= 0.6 is 0 Å². The Labute approximate surface area is 234 Å². The molecule has 0 unspecified atom stereocenters. The molecular formula is C29H39N5O6. The van der Waals surface area contributed by atoms with E-state index < -0.39 is 17.0 Å². The second kappa shape index (κ2) is 10.0. The van der Waals surface area contributed by atoms with Crippen molar-refractivity contribution in [3.63, 3.8) is 0 Å². The number of pyridine rings is 1. The van der Waals surface area contributed by atoms with E-state index in [0.717, 1.165) is 13.0 Å². The van der Waals surface area contributed by atoms with Crippen molar-refractivity contribution in [2.45, 2.75) is 84.6 Å². The highest BCUT2D eigenvalue weighted by molar-refractivity contribution is 6.13. The largest absolute Gasteiger partial charge is 0.473 e. The van der Waals surface area contributed by atoms with Crippen LogP contribution in [0.5, 0.6) is 5.88 Å². The number of amides is 3. The van der Waals surface area contributed by atoms with Crippen LogP contribution in [-0.2, 0) is 11.2 Å². The summed E-state index contributed by atoms with van der Waals surface area (Å²) in [6, 6.07) is 3.64. The van der Waals surface area contributed by atoms with Crippen molar-refractivity contribution < 1.29 is 28.3 Å². The lowest BCUT2D eigenvalue weighted by molar-refractivity contribution is 0.0228. The molecule has 0 radical (unpaired) electrons. The van der Waals surface area contributed by atoms with E-state index in [9.17, 15) is 14.4 Å². The Hall–Kier alpha value is -3.76. The summed E-state index contributed by atoms with van der Waals surface area (Å²) in [7, 11) is 0. The molecular weight excluding hydrogens is 514 g/mol. The van der Waals surface area contributed by atoms with Crippen LogP contribution in [-0.4, -0.2) is 70.7 Å². The Morgan fingerprint density at radius 1 is 1.23 bits per heavy atom. The molecule has 0 spiro atoms. The summed E-state index contributed by atoms with van der Waals surface area (Å²) < 4.78 is 17.2. The number of carbonyl (C=O) groups excluding carboxylic acids is 3. The Bertz CT molecular complexity index is 1330. The van der Waals surface area contributed by atoms with E-state index in [1.807, 2.05) is 59.4 Å². The van der Waals surface area contributed by atoms with E-state index in [1.165, 1.54) is 6.26 Å². The van der Waals surface area contributed by atoms with Gasteiger partial charge in [-0.05, 0) is 67.0 Å². The number of ether oxygens (including phenoxy) is 2. The lowest BCUT2D eigenvalue weighted by Crippen LogP contribution is -2.49. The molecule has 0 saturated carbocycles. The second-order valence-electron chi connectivity index (χ2n) is 12.8. The predicted molar refractivity (Wildman–Crippen MR) is 149 cm³/mol. The highest BCUT2D eigenvalue weighted by Gasteiger charge is 2.45. The third kappa shape index (κ3) is 5.59. The highest BCUT2D eigenvalue weighted by atomic mass is 16.6. The molecule has 5 heterocycles. The minimum absolute atomic E-state index is 0.0499. The van der Waals surface area contributed by atoms with Crippen LogP contribution in [0.1, 0.15) is 81.4 Å². The molecule has 3 aliphatic rings. The number of nitrogens with one attached hydrogen (secondary N) is 2. The van der Waals surface area contributed by atoms with Crippen LogP contribution in [0.2, 0.25) is 0 Å². The van der Waals surface area contributed by atoms with E-state index >= 15 is 0 Å². The van der Waals surface area contributed by atoms with E-state index in [-0.39, 0.29) is 41.2 Å². The van der Waals surface area contributed by atoms with Crippen molar-refractivity contribution in [3.8, 4) is 5.88 Å². The fraction of sp³-hybridized carbons (Fsp3) is 0.586. The maximum absolute atomic E-state index is 13.3. The monoisotopic (exact) mass is 553 g/mol. The summed E-state index contributed by atoms with van der Waals surface area (Å²) in [5.74, 6) is 0.987. The van der Waals surface area contributed by atoms with Gasteiger partial charge in [0.1, 0.15) is 29.1 Å². The van der Waals surface area contributed by atoms with E-state index in [0.29, 0.717) is 42.7 Å². The van der Waals surface area contributed by atoms with Gasteiger partial charge in [-0.2, -0.15) is 4.98 Å². The zero-order valence-electron chi connectivity index (χ0n) is 24.3. The number of rotatable bonds is 5. The summed E-state index contributed by atoms with van der Waals surface area (Å²) >= 11 is 0. The van der Waals surface area contributed by atoms with E-state index in [4.69, 9.17) is 18.9 Å². The maximum Gasteiger partial charge on any atom is 0.410 e. The Morgan fingerprint density at radius 3 is 2.67 bits per heavy atom. The Morgan fingerprint density at radius 2 is 1.98 bits per heavy atom. The molecule has 40 heavy (non-hydrogen) atoms. The first-order valence-electron chi connectivity index (χ1n) is 13.9. The molecule has 3 aliphatic heterocycles. The first-order chi connectivity index (χ1) is 18.7. The molecule has 2 aromatic heterocycles.